The highest BCUT2D eigenvalue weighted by Crippen LogP contribution is 2.25. The van der Waals surface area contributed by atoms with E-state index in [1.807, 2.05) is 6.26 Å². The summed E-state index contributed by atoms with van der Waals surface area (Å²) in [5, 5.41) is 4.20. The van der Waals surface area contributed by atoms with Crippen molar-refractivity contribution in [3.63, 3.8) is 0 Å². The quantitative estimate of drug-likeness (QED) is 0.617. The summed E-state index contributed by atoms with van der Waals surface area (Å²) in [4.78, 5) is 11.5. The predicted molar refractivity (Wildman–Crippen MR) is 89.4 cm³/mol. The molecule has 0 unspecified atom stereocenters. The van der Waals surface area contributed by atoms with E-state index in [1.165, 1.54) is 12.8 Å². The minimum Gasteiger partial charge on any atom is -0.384 e. The molecule has 0 amide bonds. The summed E-state index contributed by atoms with van der Waals surface area (Å²) in [6.45, 7) is 6.07. The van der Waals surface area contributed by atoms with Crippen molar-refractivity contribution in [2.75, 3.05) is 49.8 Å². The molecule has 0 bridgehead atoms. The molecule has 0 aromatic carbocycles. The van der Waals surface area contributed by atoms with Gasteiger partial charge in [0, 0.05) is 39.4 Å². The van der Waals surface area contributed by atoms with Gasteiger partial charge in [0.25, 0.3) is 0 Å². The Kier molecular flexibility index (Phi) is 6.57. The van der Waals surface area contributed by atoms with Gasteiger partial charge in [-0.1, -0.05) is 18.7 Å². The van der Waals surface area contributed by atoms with Crippen molar-refractivity contribution in [1.29, 1.82) is 0 Å². The number of hydrogen-bond acceptors (Lipinski definition) is 6. The fraction of sp³-hybridized carbons (Fsp3) is 0.733. The van der Waals surface area contributed by atoms with Crippen molar-refractivity contribution >= 4 is 23.4 Å². The molecule has 0 saturated carbocycles. The third-order valence-corrected chi connectivity index (χ3v) is 4.32. The fourth-order valence-corrected chi connectivity index (χ4v) is 2.95. The molecule has 1 aromatic rings. The fourth-order valence-electron chi connectivity index (χ4n) is 2.57. The van der Waals surface area contributed by atoms with Gasteiger partial charge in [-0.2, -0.15) is 0 Å². The van der Waals surface area contributed by atoms with Gasteiger partial charge >= 0.3 is 0 Å². The summed E-state index contributed by atoms with van der Waals surface area (Å²) >= 11 is 1.59. The average molecular weight is 310 g/mol. The van der Waals surface area contributed by atoms with E-state index in [0.717, 1.165) is 49.5 Å². The lowest BCUT2D eigenvalue weighted by Crippen LogP contribution is -2.35. The Bertz CT molecular complexity index is 436. The molecule has 1 N–H and O–H groups in total. The molecule has 5 nitrogen and oxygen atoms in total. The maximum absolute atomic E-state index is 5.26. The molecule has 0 radical (unpaired) electrons. The first-order chi connectivity index (χ1) is 10.3. The number of hydrogen-bond donors (Lipinski definition) is 1. The molecule has 1 aromatic heterocycles. The zero-order valence-corrected chi connectivity index (χ0v) is 14.1. The maximum atomic E-state index is 5.26. The van der Waals surface area contributed by atoms with Crippen LogP contribution in [0.5, 0.6) is 0 Å². The predicted octanol–water partition coefficient (Wildman–Crippen LogP) is 2.88. The molecule has 2 rings (SSSR count). The number of methoxy groups -OCH3 is 1. The summed E-state index contributed by atoms with van der Waals surface area (Å²) in [5.74, 6) is 2.67. The Hall–Kier alpha value is -1.01. The first-order valence-electron chi connectivity index (χ1n) is 7.67. The van der Waals surface area contributed by atoms with Crippen molar-refractivity contribution < 1.29 is 4.74 Å². The molecule has 1 aliphatic heterocycles. The van der Waals surface area contributed by atoms with Crippen LogP contribution in [0.1, 0.15) is 26.2 Å². The lowest BCUT2D eigenvalue weighted by molar-refractivity contribution is 0.139. The van der Waals surface area contributed by atoms with Gasteiger partial charge in [0.15, 0.2) is 5.16 Å². The standard InChI is InChI=1S/C15H26N4OS/c1-4-7-16-13-10-14(18-15(17-13)21-3)19-8-5-12(6-9-19)11-20-2/h10,12H,4-9,11H2,1-3H3,(H,16,17,18). The van der Waals surface area contributed by atoms with E-state index in [2.05, 4.69) is 33.2 Å². The number of thioether (sulfide) groups is 1. The van der Waals surface area contributed by atoms with E-state index in [-0.39, 0.29) is 0 Å². The molecule has 0 atom stereocenters. The monoisotopic (exact) mass is 310 g/mol. The van der Waals surface area contributed by atoms with Crippen LogP contribution in [0.2, 0.25) is 0 Å². The molecule has 2 heterocycles. The molecule has 0 spiro atoms. The van der Waals surface area contributed by atoms with Gasteiger partial charge in [-0.05, 0) is 31.4 Å². The maximum Gasteiger partial charge on any atom is 0.191 e. The second kappa shape index (κ2) is 8.44. The Morgan fingerprint density at radius 2 is 2.14 bits per heavy atom. The highest BCUT2D eigenvalue weighted by atomic mass is 32.2. The van der Waals surface area contributed by atoms with Crippen LogP contribution in [0.25, 0.3) is 0 Å². The second-order valence-electron chi connectivity index (χ2n) is 5.41. The second-order valence-corrected chi connectivity index (χ2v) is 6.18. The van der Waals surface area contributed by atoms with Gasteiger partial charge in [-0.3, -0.25) is 0 Å². The molecular formula is C15H26N4OS. The average Bonchev–Trinajstić information content (AvgIpc) is 2.53. The van der Waals surface area contributed by atoms with Crippen molar-refractivity contribution in [1.82, 2.24) is 9.97 Å². The number of aromatic nitrogens is 2. The summed E-state index contributed by atoms with van der Waals surface area (Å²) in [7, 11) is 1.78. The Balaban J connectivity index is 2.04. The van der Waals surface area contributed by atoms with Gasteiger partial charge in [0.2, 0.25) is 0 Å². The summed E-state index contributed by atoms with van der Waals surface area (Å²) in [6.07, 6.45) is 5.46. The van der Waals surface area contributed by atoms with Crippen LogP contribution >= 0.6 is 11.8 Å². The van der Waals surface area contributed by atoms with Gasteiger partial charge in [0.05, 0.1) is 0 Å². The molecule has 118 valence electrons. The number of nitrogens with zero attached hydrogens (tertiary/aromatic N) is 3. The van der Waals surface area contributed by atoms with Gasteiger partial charge < -0.3 is 15.0 Å². The SMILES string of the molecule is CCCNc1cc(N2CCC(COC)CC2)nc(SC)n1. The van der Waals surface area contributed by atoms with Crippen molar-refractivity contribution in [3.05, 3.63) is 6.07 Å². The third-order valence-electron chi connectivity index (χ3n) is 3.77. The summed E-state index contributed by atoms with van der Waals surface area (Å²) < 4.78 is 5.26. The van der Waals surface area contributed by atoms with Gasteiger partial charge in [-0.25, -0.2) is 9.97 Å². The van der Waals surface area contributed by atoms with Crippen LogP contribution in [0.15, 0.2) is 11.2 Å². The zero-order chi connectivity index (χ0) is 15.1. The topological polar surface area (TPSA) is 50.3 Å². The highest BCUT2D eigenvalue weighted by Gasteiger charge is 2.21. The van der Waals surface area contributed by atoms with E-state index in [9.17, 15) is 0 Å². The Labute approximate surface area is 131 Å². The minimum atomic E-state index is 0.686. The van der Waals surface area contributed by atoms with E-state index < -0.39 is 0 Å². The van der Waals surface area contributed by atoms with Crippen LogP contribution in [-0.4, -0.2) is 49.6 Å². The smallest absolute Gasteiger partial charge is 0.191 e. The molecular weight excluding hydrogens is 284 g/mol. The lowest BCUT2D eigenvalue weighted by Gasteiger charge is -2.32. The van der Waals surface area contributed by atoms with Crippen LogP contribution in [-0.2, 0) is 4.74 Å². The summed E-state index contributed by atoms with van der Waals surface area (Å²) in [5.41, 5.74) is 0. The summed E-state index contributed by atoms with van der Waals surface area (Å²) in [6, 6.07) is 2.08. The molecule has 6 heteroatoms. The van der Waals surface area contributed by atoms with Gasteiger partial charge in [0.1, 0.15) is 11.6 Å². The van der Waals surface area contributed by atoms with Crippen molar-refractivity contribution in [3.8, 4) is 0 Å². The first-order valence-corrected chi connectivity index (χ1v) is 8.90. The largest absolute Gasteiger partial charge is 0.384 e. The van der Waals surface area contributed by atoms with E-state index in [0.29, 0.717) is 5.92 Å². The van der Waals surface area contributed by atoms with Gasteiger partial charge in [-0.15, -0.1) is 0 Å². The van der Waals surface area contributed by atoms with Crippen molar-refractivity contribution in [2.45, 2.75) is 31.3 Å². The third kappa shape index (κ3) is 4.74. The molecule has 21 heavy (non-hydrogen) atoms. The van der Waals surface area contributed by atoms with Crippen LogP contribution in [0, 0.1) is 5.92 Å². The number of nitrogens with one attached hydrogen (secondary N) is 1. The minimum absolute atomic E-state index is 0.686. The molecule has 1 aliphatic rings. The zero-order valence-electron chi connectivity index (χ0n) is 13.3. The normalized spacial score (nSPS) is 16.2. The van der Waals surface area contributed by atoms with Crippen LogP contribution < -0.4 is 10.2 Å². The number of rotatable bonds is 7. The highest BCUT2D eigenvalue weighted by molar-refractivity contribution is 7.98. The van der Waals surface area contributed by atoms with E-state index >= 15 is 0 Å². The van der Waals surface area contributed by atoms with Crippen LogP contribution in [0.3, 0.4) is 0 Å². The first kappa shape index (κ1) is 16.4. The van der Waals surface area contributed by atoms with Crippen molar-refractivity contribution in [2.24, 2.45) is 5.92 Å². The van der Waals surface area contributed by atoms with E-state index in [1.54, 1.807) is 18.9 Å². The molecule has 1 fully saturated rings. The molecule has 0 aliphatic carbocycles. The lowest BCUT2D eigenvalue weighted by atomic mass is 9.98. The Morgan fingerprint density at radius 1 is 1.38 bits per heavy atom. The Morgan fingerprint density at radius 3 is 2.76 bits per heavy atom. The van der Waals surface area contributed by atoms with Crippen LogP contribution in [0.4, 0.5) is 11.6 Å². The number of anilines is 2. The number of piperidine rings is 1. The molecule has 1 saturated heterocycles. The van der Waals surface area contributed by atoms with E-state index in [4.69, 9.17) is 4.74 Å². The number of ether oxygens (including phenoxy) is 1.